The molecule has 0 radical (unpaired) electrons. The first-order valence-corrected chi connectivity index (χ1v) is 10.6. The molecule has 0 spiro atoms. The van der Waals surface area contributed by atoms with Crippen molar-refractivity contribution in [1.82, 2.24) is 10.2 Å². The van der Waals surface area contributed by atoms with E-state index in [-0.39, 0.29) is 5.91 Å². The van der Waals surface area contributed by atoms with E-state index in [1.54, 1.807) is 7.11 Å². The summed E-state index contributed by atoms with van der Waals surface area (Å²) < 4.78 is 5.29. The molecule has 1 aromatic heterocycles. The molecule has 2 atom stereocenters. The standard InChI is InChI=1S/C22H30N2O2S/c1-15(2)19-11-13-27-21(19)22(25)23-14-17-6-5-12-24(3)20(17)16-7-9-18(26-4)10-8-16/h7-11,13,15,17,20H,5-6,12,14H2,1-4H3,(H,23,25). The summed E-state index contributed by atoms with van der Waals surface area (Å²) >= 11 is 1.54. The van der Waals surface area contributed by atoms with E-state index < -0.39 is 0 Å². The first-order valence-electron chi connectivity index (χ1n) is 9.71. The van der Waals surface area contributed by atoms with Crippen molar-refractivity contribution in [2.24, 2.45) is 5.92 Å². The van der Waals surface area contributed by atoms with Crippen LogP contribution in [-0.2, 0) is 0 Å². The van der Waals surface area contributed by atoms with E-state index in [1.807, 2.05) is 17.5 Å². The molecule has 1 fully saturated rings. The van der Waals surface area contributed by atoms with Crippen LogP contribution in [0.5, 0.6) is 5.75 Å². The molecule has 5 heteroatoms. The van der Waals surface area contributed by atoms with Crippen molar-refractivity contribution in [2.75, 3.05) is 27.2 Å². The highest BCUT2D eigenvalue weighted by molar-refractivity contribution is 7.12. The lowest BCUT2D eigenvalue weighted by atomic mass is 9.85. The first-order chi connectivity index (χ1) is 13.0. The van der Waals surface area contributed by atoms with E-state index in [4.69, 9.17) is 4.74 Å². The van der Waals surface area contributed by atoms with Crippen LogP contribution < -0.4 is 10.1 Å². The molecule has 0 saturated carbocycles. The van der Waals surface area contributed by atoms with Crippen LogP contribution in [-0.4, -0.2) is 38.1 Å². The Balaban J connectivity index is 1.71. The van der Waals surface area contributed by atoms with Gasteiger partial charge in [-0.25, -0.2) is 0 Å². The maximum atomic E-state index is 12.8. The molecule has 27 heavy (non-hydrogen) atoms. The van der Waals surface area contributed by atoms with Crippen molar-refractivity contribution >= 4 is 17.2 Å². The van der Waals surface area contributed by atoms with Crippen LogP contribution in [0.1, 0.15) is 59.4 Å². The molecule has 1 amide bonds. The number of rotatable bonds is 6. The topological polar surface area (TPSA) is 41.6 Å². The van der Waals surface area contributed by atoms with Gasteiger partial charge in [0.05, 0.1) is 12.0 Å². The van der Waals surface area contributed by atoms with Crippen LogP contribution in [0, 0.1) is 5.92 Å². The number of hydrogen-bond acceptors (Lipinski definition) is 4. The second-order valence-corrected chi connectivity index (χ2v) is 8.59. The third-order valence-electron chi connectivity index (χ3n) is 5.51. The summed E-state index contributed by atoms with van der Waals surface area (Å²) in [5.41, 5.74) is 2.43. The molecule has 2 heterocycles. The molecule has 1 aliphatic rings. The summed E-state index contributed by atoms with van der Waals surface area (Å²) in [5.74, 6) is 1.71. The van der Waals surface area contributed by atoms with E-state index in [9.17, 15) is 4.79 Å². The van der Waals surface area contributed by atoms with Gasteiger partial charge in [0.25, 0.3) is 5.91 Å². The molecule has 2 unspecified atom stereocenters. The molecule has 146 valence electrons. The van der Waals surface area contributed by atoms with E-state index in [0.717, 1.165) is 29.2 Å². The molecule has 1 saturated heterocycles. The van der Waals surface area contributed by atoms with Crippen LogP contribution in [0.25, 0.3) is 0 Å². The highest BCUT2D eigenvalue weighted by atomic mass is 32.1. The summed E-state index contributed by atoms with van der Waals surface area (Å²) in [5, 5.41) is 5.23. The SMILES string of the molecule is COc1ccc(C2C(CNC(=O)c3sccc3C(C)C)CCCN2C)cc1. The van der Waals surface area contributed by atoms with Crippen LogP contribution in [0.3, 0.4) is 0 Å². The fraction of sp³-hybridized carbons (Fsp3) is 0.500. The summed E-state index contributed by atoms with van der Waals surface area (Å²) in [6.07, 6.45) is 2.29. The van der Waals surface area contributed by atoms with Crippen molar-refractivity contribution < 1.29 is 9.53 Å². The Bertz CT molecular complexity index is 754. The van der Waals surface area contributed by atoms with Crippen LogP contribution in [0.15, 0.2) is 35.7 Å². The van der Waals surface area contributed by atoms with Crippen molar-refractivity contribution in [2.45, 2.75) is 38.6 Å². The number of methoxy groups -OCH3 is 1. The minimum atomic E-state index is 0.0652. The van der Waals surface area contributed by atoms with Gasteiger partial charge < -0.3 is 10.1 Å². The molecule has 0 bridgehead atoms. The second-order valence-electron chi connectivity index (χ2n) is 7.67. The Morgan fingerprint density at radius 3 is 2.70 bits per heavy atom. The van der Waals surface area contributed by atoms with E-state index in [1.165, 1.54) is 23.3 Å². The Kier molecular flexibility index (Phi) is 6.55. The first kappa shape index (κ1) is 19.9. The summed E-state index contributed by atoms with van der Waals surface area (Å²) in [7, 11) is 3.87. The van der Waals surface area contributed by atoms with Gasteiger partial charge in [0.15, 0.2) is 0 Å². The number of amides is 1. The Hall–Kier alpha value is -1.85. The molecule has 1 N–H and O–H groups in total. The number of nitrogens with zero attached hydrogens (tertiary/aromatic N) is 1. The van der Waals surface area contributed by atoms with Crippen LogP contribution in [0.2, 0.25) is 0 Å². The molecule has 3 rings (SSSR count). The van der Waals surface area contributed by atoms with Gasteiger partial charge in [-0.15, -0.1) is 11.3 Å². The maximum absolute atomic E-state index is 12.8. The molecule has 0 aliphatic carbocycles. The molecule has 4 nitrogen and oxygen atoms in total. The average molecular weight is 387 g/mol. The number of carbonyl (C=O) groups excluding carboxylic acids is 1. The number of carbonyl (C=O) groups is 1. The Morgan fingerprint density at radius 1 is 1.30 bits per heavy atom. The fourth-order valence-corrected chi connectivity index (χ4v) is 5.03. The largest absolute Gasteiger partial charge is 0.497 e. The number of likely N-dealkylation sites (tertiary alicyclic amines) is 1. The molecule has 1 aliphatic heterocycles. The van der Waals surface area contributed by atoms with Crippen LogP contribution >= 0.6 is 11.3 Å². The van der Waals surface area contributed by atoms with Gasteiger partial charge in [0, 0.05) is 12.6 Å². The number of benzene rings is 1. The molecular formula is C22H30N2O2S. The fourth-order valence-electron chi connectivity index (χ4n) is 4.06. The quantitative estimate of drug-likeness (QED) is 0.783. The smallest absolute Gasteiger partial charge is 0.261 e. The predicted octanol–water partition coefficient (Wildman–Crippen LogP) is 4.69. The highest BCUT2D eigenvalue weighted by Gasteiger charge is 2.31. The van der Waals surface area contributed by atoms with E-state index in [2.05, 4.69) is 49.3 Å². The number of nitrogens with one attached hydrogen (secondary N) is 1. The second kappa shape index (κ2) is 8.89. The number of thiophene rings is 1. The van der Waals surface area contributed by atoms with Gasteiger partial charge in [-0.1, -0.05) is 26.0 Å². The zero-order valence-corrected chi connectivity index (χ0v) is 17.5. The number of hydrogen-bond donors (Lipinski definition) is 1. The van der Waals surface area contributed by atoms with Gasteiger partial charge >= 0.3 is 0 Å². The van der Waals surface area contributed by atoms with E-state index in [0.29, 0.717) is 24.4 Å². The molecule has 2 aromatic rings. The zero-order valence-electron chi connectivity index (χ0n) is 16.7. The molecule has 1 aromatic carbocycles. The lowest BCUT2D eigenvalue weighted by Crippen LogP contribution is -2.41. The lowest BCUT2D eigenvalue weighted by molar-refractivity contribution is 0.0894. The summed E-state index contributed by atoms with van der Waals surface area (Å²) in [6, 6.07) is 10.7. The van der Waals surface area contributed by atoms with Gasteiger partial charge in [-0.2, -0.15) is 0 Å². The van der Waals surface area contributed by atoms with Crippen LogP contribution in [0.4, 0.5) is 0 Å². The minimum Gasteiger partial charge on any atom is -0.497 e. The van der Waals surface area contributed by atoms with Crippen molar-refractivity contribution in [3.63, 3.8) is 0 Å². The van der Waals surface area contributed by atoms with Crippen molar-refractivity contribution in [1.29, 1.82) is 0 Å². The highest BCUT2D eigenvalue weighted by Crippen LogP contribution is 2.35. The number of ether oxygens (including phenoxy) is 1. The predicted molar refractivity (Wildman–Crippen MR) is 112 cm³/mol. The Morgan fingerprint density at radius 2 is 2.04 bits per heavy atom. The summed E-state index contributed by atoms with van der Waals surface area (Å²) in [4.78, 5) is 16.0. The minimum absolute atomic E-state index is 0.0652. The van der Waals surface area contributed by atoms with Gasteiger partial charge in [-0.3, -0.25) is 9.69 Å². The average Bonchev–Trinajstić information content (AvgIpc) is 3.16. The Labute approximate surface area is 166 Å². The third-order valence-corrected chi connectivity index (χ3v) is 6.44. The zero-order chi connectivity index (χ0) is 19.4. The number of piperidine rings is 1. The lowest BCUT2D eigenvalue weighted by Gasteiger charge is -2.39. The summed E-state index contributed by atoms with van der Waals surface area (Å²) in [6.45, 7) is 6.06. The monoisotopic (exact) mass is 386 g/mol. The molecular weight excluding hydrogens is 356 g/mol. The van der Waals surface area contributed by atoms with Gasteiger partial charge in [0.2, 0.25) is 0 Å². The normalized spacial score (nSPS) is 20.6. The van der Waals surface area contributed by atoms with Crippen molar-refractivity contribution in [3.8, 4) is 5.75 Å². The maximum Gasteiger partial charge on any atom is 0.261 e. The van der Waals surface area contributed by atoms with Gasteiger partial charge in [-0.05, 0) is 73.0 Å². The van der Waals surface area contributed by atoms with Gasteiger partial charge in [0.1, 0.15) is 5.75 Å². The van der Waals surface area contributed by atoms with E-state index >= 15 is 0 Å². The van der Waals surface area contributed by atoms with Crippen molar-refractivity contribution in [3.05, 3.63) is 51.7 Å². The third kappa shape index (κ3) is 4.53.